The molecular weight excluding hydrogens is 1000 g/mol. The van der Waals surface area contributed by atoms with Crippen molar-refractivity contribution < 1.29 is 99.7 Å². The van der Waals surface area contributed by atoms with E-state index in [1.54, 1.807) is 24.5 Å². The van der Waals surface area contributed by atoms with Gasteiger partial charge >= 0.3 is 47.4 Å². The van der Waals surface area contributed by atoms with Crippen LogP contribution in [0.4, 0.5) is 73.6 Å². The zero-order valence-electron chi connectivity index (χ0n) is 34.2. The maximum Gasteiger partial charge on any atom is 0.501 e. The molecule has 69 heavy (non-hydrogen) atoms. The van der Waals surface area contributed by atoms with Crippen LogP contribution in [0.15, 0.2) is 101 Å². The Morgan fingerprint density at radius 1 is 0.739 bits per heavy atom. The lowest BCUT2D eigenvalue weighted by Crippen LogP contribution is -2.36. The summed E-state index contributed by atoms with van der Waals surface area (Å²) in [6, 6.07) is 10.2. The molecule has 6 amide bonds. The minimum Gasteiger partial charge on any atom is -0.475 e. The number of aliphatic carboxylic acids is 1. The van der Waals surface area contributed by atoms with Gasteiger partial charge in [0.25, 0.3) is 21.7 Å². The number of nitrogens with zero attached hydrogens (tertiary/aromatic N) is 6. The molecule has 0 unspecified atom stereocenters. The number of ether oxygens (including phenoxy) is 1. The number of hydrogen-bond donors (Lipinski definition) is 1. The van der Waals surface area contributed by atoms with Crippen molar-refractivity contribution in [1.29, 1.82) is 0 Å². The summed E-state index contributed by atoms with van der Waals surface area (Å²) >= 11 is -0.362. The first kappa shape index (κ1) is 53.0. The summed E-state index contributed by atoms with van der Waals surface area (Å²) < 4.78 is 172. The Balaban J connectivity index is 0.000000227. The number of rotatable bonds is 9. The first-order valence-corrected chi connectivity index (χ1v) is 21.1. The van der Waals surface area contributed by atoms with Gasteiger partial charge in [0.15, 0.2) is 5.75 Å². The molecule has 4 heterocycles. The number of pyridine rings is 2. The van der Waals surface area contributed by atoms with Crippen molar-refractivity contribution in [3.8, 4) is 5.75 Å². The maximum atomic E-state index is 12.9. The number of urea groups is 2. The van der Waals surface area contributed by atoms with E-state index >= 15 is 0 Å². The summed E-state index contributed by atoms with van der Waals surface area (Å²) in [7, 11) is -5.51. The molecule has 4 aromatic rings. The average Bonchev–Trinajstić information content (AvgIpc) is 4.00. The Morgan fingerprint density at radius 2 is 1.26 bits per heavy atom. The zero-order chi connectivity index (χ0) is 51.7. The van der Waals surface area contributed by atoms with Gasteiger partial charge in [-0.05, 0) is 104 Å². The molecule has 16 nitrogen and oxygen atoms in total. The van der Waals surface area contributed by atoms with Crippen LogP contribution in [-0.4, -0.2) is 104 Å². The number of amides is 6. The van der Waals surface area contributed by atoms with Gasteiger partial charge in [-0.15, -0.1) is 0 Å². The summed E-state index contributed by atoms with van der Waals surface area (Å²) in [5.74, 6) is -6.94. The molecule has 1 saturated carbocycles. The van der Waals surface area contributed by atoms with Crippen molar-refractivity contribution in [3.63, 3.8) is 0 Å². The number of esters is 1. The lowest BCUT2D eigenvalue weighted by atomic mass is 10.2. The van der Waals surface area contributed by atoms with Crippen LogP contribution < -0.4 is 14.5 Å². The quantitative estimate of drug-likeness (QED) is 0.0731. The molecule has 3 fully saturated rings. The molecule has 0 bridgehead atoms. The number of hydrogen-bond acceptors (Lipinski definition) is 12. The van der Waals surface area contributed by atoms with Gasteiger partial charge in [0.1, 0.15) is 11.6 Å². The predicted octanol–water partition coefficient (Wildman–Crippen LogP) is 8.03. The summed E-state index contributed by atoms with van der Waals surface area (Å²) in [4.78, 5) is 81.9. The summed E-state index contributed by atoms with van der Waals surface area (Å²) in [5.41, 5.74) is -10.1. The summed E-state index contributed by atoms with van der Waals surface area (Å²) in [5, 5.41) is 7.12. The molecule has 2 aromatic heterocycles. The van der Waals surface area contributed by atoms with Crippen LogP contribution >= 0.6 is 11.8 Å². The summed E-state index contributed by atoms with van der Waals surface area (Å²) in [6.45, 7) is 1.16. The molecule has 370 valence electrons. The van der Waals surface area contributed by atoms with Gasteiger partial charge in [-0.2, -0.15) is 52.7 Å². The van der Waals surface area contributed by atoms with Crippen LogP contribution in [0.3, 0.4) is 0 Å². The summed E-state index contributed by atoms with van der Waals surface area (Å²) in [6.07, 6.45) is -4.18. The molecule has 0 radical (unpaired) electrons. The van der Waals surface area contributed by atoms with Crippen molar-refractivity contribution in [2.75, 3.05) is 9.80 Å². The largest absolute Gasteiger partial charge is 0.501 e. The van der Waals surface area contributed by atoms with E-state index < -0.39 is 97.8 Å². The second-order valence-electron chi connectivity index (χ2n) is 14.3. The SMILES string of the molecule is C[C@@H]1C(=O)N(c2ccc(SC(F)(F)F)cc2)C(=O)N1Cc1ccncc1OC(=O)C(F)(F)F.O=C(O)C(F)(F)F.O=C1N(c2ccc(S(=O)(=O)C(F)(F)F)cc2)C(=O)C2(CC2)N1Cc1ccncc1. The fourth-order valence-electron chi connectivity index (χ4n) is 6.26. The standard InChI is InChI=1S/C19H13F6N3O4S.C18H14F3N3O4S.C2HF3O2/c1-10-15(29)28(12-2-4-13(5-3-12)33-19(23,24)25)17(31)27(10)9-11-6-7-26-8-14(11)32-16(30)18(20,21)22;19-18(20,21)29(27,28)14-3-1-13(2-4-14)24-15(25)17(7-8-17)23(16(24)26)11-12-5-9-22-10-6-12;3-2(4,5)1(6)7/h2-8,10H,9H2,1H3;1-6,9-10H,7-8,11H2;(H,6,7)/t10-;;/m1../s1. The van der Waals surface area contributed by atoms with E-state index in [2.05, 4.69) is 14.7 Å². The van der Waals surface area contributed by atoms with Crippen LogP contribution in [0.2, 0.25) is 0 Å². The van der Waals surface area contributed by atoms with Crippen molar-refractivity contribution in [3.05, 3.63) is 103 Å². The highest BCUT2D eigenvalue weighted by Gasteiger charge is 2.65. The first-order valence-electron chi connectivity index (χ1n) is 18.8. The van der Waals surface area contributed by atoms with E-state index in [9.17, 15) is 85.1 Å². The van der Waals surface area contributed by atoms with Gasteiger partial charge in [-0.3, -0.25) is 19.6 Å². The van der Waals surface area contributed by atoms with Gasteiger partial charge in [-0.1, -0.05) is 0 Å². The van der Waals surface area contributed by atoms with E-state index in [0.717, 1.165) is 62.9 Å². The van der Waals surface area contributed by atoms with Crippen LogP contribution in [0.5, 0.6) is 5.75 Å². The van der Waals surface area contributed by atoms with E-state index in [4.69, 9.17) is 9.90 Å². The number of benzene rings is 2. The predicted molar refractivity (Wildman–Crippen MR) is 210 cm³/mol. The van der Waals surface area contributed by atoms with E-state index in [1.165, 1.54) is 36.2 Å². The number of carboxylic acid groups (broad SMARTS) is 1. The topological polar surface area (TPSA) is 205 Å². The molecule has 2 saturated heterocycles. The molecule has 1 aliphatic carbocycles. The number of sulfone groups is 1. The minimum atomic E-state index is -5.51. The maximum absolute atomic E-state index is 12.9. The molecule has 2 aliphatic heterocycles. The molecule has 30 heteroatoms. The van der Waals surface area contributed by atoms with Crippen molar-refractivity contribution in [2.45, 2.75) is 77.6 Å². The highest BCUT2D eigenvalue weighted by atomic mass is 32.2. The highest BCUT2D eigenvalue weighted by molar-refractivity contribution is 8.00. The van der Waals surface area contributed by atoms with Gasteiger partial charge in [0, 0.05) is 35.6 Å². The van der Waals surface area contributed by atoms with Crippen LogP contribution in [0, 0.1) is 0 Å². The second-order valence-corrected chi connectivity index (χ2v) is 17.4. The molecule has 2 aromatic carbocycles. The highest BCUT2D eigenvalue weighted by Crippen LogP contribution is 2.50. The minimum absolute atomic E-state index is 0.0179. The molecule has 1 spiro atoms. The average molecular weight is 1030 g/mol. The number of anilines is 2. The van der Waals surface area contributed by atoms with E-state index in [1.807, 2.05) is 0 Å². The third-order valence-electron chi connectivity index (χ3n) is 9.76. The molecule has 7 rings (SSSR count). The monoisotopic (exact) mass is 1030 g/mol. The Labute approximate surface area is 383 Å². The van der Waals surface area contributed by atoms with Crippen molar-refractivity contribution in [1.82, 2.24) is 19.8 Å². The number of carboxylic acids is 1. The normalized spacial score (nSPS) is 17.1. The van der Waals surface area contributed by atoms with Crippen LogP contribution in [0.1, 0.15) is 30.9 Å². The Kier molecular flexibility index (Phi) is 15.0. The molecule has 1 atom stereocenters. The van der Waals surface area contributed by atoms with Crippen LogP contribution in [-0.2, 0) is 42.1 Å². The second kappa shape index (κ2) is 19.6. The number of carbonyl (C=O) groups is 6. The smallest absolute Gasteiger partial charge is 0.475 e. The Hall–Kier alpha value is -6.98. The van der Waals surface area contributed by atoms with Gasteiger partial charge < -0.3 is 19.6 Å². The lowest BCUT2D eigenvalue weighted by Gasteiger charge is -2.21. The fraction of sp³-hybridized carbons (Fsp3) is 0.282. The number of thioether (sulfide) groups is 1. The molecule has 3 aliphatic rings. The lowest BCUT2D eigenvalue weighted by molar-refractivity contribution is -0.192. The van der Waals surface area contributed by atoms with Gasteiger partial charge in [0.05, 0.1) is 29.0 Å². The fourth-order valence-corrected chi connectivity index (χ4v) is 7.56. The third kappa shape index (κ3) is 12.0. The Morgan fingerprint density at radius 3 is 1.75 bits per heavy atom. The van der Waals surface area contributed by atoms with Gasteiger partial charge in [-0.25, -0.2) is 37.4 Å². The number of halogens is 12. The van der Waals surface area contributed by atoms with E-state index in [-0.39, 0.29) is 40.1 Å². The number of imide groups is 2. The first-order chi connectivity index (χ1) is 31.8. The number of alkyl halides is 12. The van der Waals surface area contributed by atoms with Crippen molar-refractivity contribution >= 4 is 68.8 Å². The van der Waals surface area contributed by atoms with E-state index in [0.29, 0.717) is 12.8 Å². The van der Waals surface area contributed by atoms with Gasteiger partial charge in [0.2, 0.25) is 0 Å². The van der Waals surface area contributed by atoms with Crippen LogP contribution in [0.25, 0.3) is 0 Å². The van der Waals surface area contributed by atoms with Crippen molar-refractivity contribution in [2.24, 2.45) is 0 Å². The number of aromatic nitrogens is 2. The number of carbonyl (C=O) groups excluding carboxylic acids is 5. The third-order valence-corrected chi connectivity index (χ3v) is 12.0. The zero-order valence-corrected chi connectivity index (χ0v) is 35.9. The molecule has 1 N–H and O–H groups in total. The Bertz CT molecular complexity index is 2720. The molecular formula is C39H28F12N6O10S2.